The van der Waals surface area contributed by atoms with Crippen LogP contribution in [0.5, 0.6) is 11.5 Å². The largest absolute Gasteiger partial charge is 0.497 e. The number of alkyl halides is 3. The van der Waals surface area contributed by atoms with Gasteiger partial charge in [-0.25, -0.2) is 15.0 Å². The molecule has 2 aromatic carbocycles. The van der Waals surface area contributed by atoms with Crippen LogP contribution in [0.3, 0.4) is 0 Å². The van der Waals surface area contributed by atoms with Crippen molar-refractivity contribution >= 4 is 40.3 Å². The van der Waals surface area contributed by atoms with Crippen molar-refractivity contribution in [3.05, 3.63) is 64.9 Å². The number of methoxy groups -OCH3 is 2. The van der Waals surface area contributed by atoms with Crippen molar-refractivity contribution in [1.82, 2.24) is 20.3 Å². The number of aromatic nitrogens is 3. The van der Waals surface area contributed by atoms with E-state index in [0.29, 0.717) is 22.9 Å². The fraction of sp³-hybridized carbons (Fsp3) is 0.286. The number of aryl methyl sites for hydroxylation is 1. The van der Waals surface area contributed by atoms with Crippen molar-refractivity contribution in [1.29, 1.82) is 0 Å². The molecule has 14 heteroatoms. The number of ether oxygens (including phenoxy) is 2. The molecule has 0 aliphatic carbocycles. The summed E-state index contributed by atoms with van der Waals surface area (Å²) in [5, 5.41) is 8.85. The second-order valence-electron chi connectivity index (χ2n) is 9.32. The molecule has 0 bridgehead atoms. The highest BCUT2D eigenvalue weighted by Crippen LogP contribution is 2.39. The molecule has 0 radical (unpaired) electrons. The summed E-state index contributed by atoms with van der Waals surface area (Å²) in [5.41, 5.74) is 0.665. The zero-order chi connectivity index (χ0) is 29.9. The minimum absolute atomic E-state index is 0.0259. The summed E-state index contributed by atoms with van der Waals surface area (Å²) in [5.74, 6) is 0.308. The third-order valence-electron chi connectivity index (χ3n) is 6.55. The van der Waals surface area contributed by atoms with E-state index < -0.39 is 17.8 Å². The highest BCUT2D eigenvalue weighted by atomic mass is 32.1. The number of hydrogen-bond acceptors (Lipinski definition) is 10. The zero-order valence-electron chi connectivity index (χ0n) is 23.0. The Kier molecular flexibility index (Phi) is 8.45. The van der Waals surface area contributed by atoms with Gasteiger partial charge < -0.3 is 30.3 Å². The van der Waals surface area contributed by atoms with Crippen LogP contribution in [0.1, 0.15) is 21.1 Å². The average Bonchev–Trinajstić information content (AvgIpc) is 3.39. The molecule has 1 aliphatic rings. The van der Waals surface area contributed by atoms with Gasteiger partial charge in [-0.05, 0) is 43.3 Å². The number of carbonyl (C=O) groups is 1. The van der Waals surface area contributed by atoms with Crippen LogP contribution >= 0.6 is 11.3 Å². The number of benzene rings is 2. The standard InChI is InChI=1S/C28H28F3N7O3S/c1-16-23(25(39)36-21-9-6-18(14-22(21)41-3)38-12-10-32-11-13-38)42-26(34-16)20-15-33-27(37-24(20)28(29,30)31)35-17-4-7-19(40-2)8-5-17/h4-9,14-15,32H,10-13H2,1-3H3,(H,36,39)(H,33,35,37). The lowest BCUT2D eigenvalue weighted by molar-refractivity contribution is -0.140. The summed E-state index contributed by atoms with van der Waals surface area (Å²) in [7, 11) is 3.02. The van der Waals surface area contributed by atoms with E-state index in [9.17, 15) is 18.0 Å². The van der Waals surface area contributed by atoms with Gasteiger partial charge in [0.25, 0.3) is 5.91 Å². The second-order valence-corrected chi connectivity index (χ2v) is 10.3. The smallest absolute Gasteiger partial charge is 0.434 e. The highest BCUT2D eigenvalue weighted by Gasteiger charge is 2.38. The number of amides is 1. The second kappa shape index (κ2) is 12.2. The molecule has 3 heterocycles. The van der Waals surface area contributed by atoms with Gasteiger partial charge in [-0.15, -0.1) is 11.3 Å². The van der Waals surface area contributed by atoms with Crippen molar-refractivity contribution in [3.8, 4) is 22.1 Å². The van der Waals surface area contributed by atoms with E-state index in [-0.39, 0.29) is 27.1 Å². The van der Waals surface area contributed by atoms with Crippen LogP contribution in [0.15, 0.2) is 48.7 Å². The minimum Gasteiger partial charge on any atom is -0.497 e. The fourth-order valence-electron chi connectivity index (χ4n) is 4.42. The predicted molar refractivity (Wildman–Crippen MR) is 155 cm³/mol. The van der Waals surface area contributed by atoms with E-state index in [1.54, 1.807) is 37.3 Å². The maximum Gasteiger partial charge on any atom is 0.434 e. The lowest BCUT2D eigenvalue weighted by atomic mass is 10.2. The number of piperazine rings is 1. The highest BCUT2D eigenvalue weighted by molar-refractivity contribution is 7.17. The van der Waals surface area contributed by atoms with Crippen LogP contribution in [0.4, 0.5) is 36.2 Å². The summed E-state index contributed by atoms with van der Waals surface area (Å²) in [6.45, 7) is 5.00. The predicted octanol–water partition coefficient (Wildman–Crippen LogP) is 5.35. The Morgan fingerprint density at radius 3 is 2.45 bits per heavy atom. The van der Waals surface area contributed by atoms with E-state index in [1.807, 2.05) is 12.1 Å². The van der Waals surface area contributed by atoms with Crippen molar-refractivity contribution < 1.29 is 27.4 Å². The molecule has 0 spiro atoms. The van der Waals surface area contributed by atoms with Gasteiger partial charge in [0, 0.05) is 49.8 Å². The number of carbonyl (C=O) groups excluding carboxylic acids is 1. The molecule has 0 saturated carbocycles. The molecule has 0 unspecified atom stereocenters. The molecule has 3 N–H and O–H groups in total. The number of halogens is 3. The SMILES string of the molecule is COc1ccc(Nc2ncc(-c3nc(C)c(C(=O)Nc4ccc(N5CCNCC5)cc4OC)s3)c(C(F)(F)F)n2)cc1. The first-order valence-corrected chi connectivity index (χ1v) is 13.8. The lowest BCUT2D eigenvalue weighted by Crippen LogP contribution is -2.43. The molecular weight excluding hydrogens is 571 g/mol. The summed E-state index contributed by atoms with van der Waals surface area (Å²) in [6.07, 6.45) is -3.74. The maximum atomic E-state index is 14.1. The van der Waals surface area contributed by atoms with Gasteiger partial charge >= 0.3 is 6.18 Å². The maximum absolute atomic E-state index is 14.1. The van der Waals surface area contributed by atoms with Crippen LogP contribution in [0.2, 0.25) is 0 Å². The Hall–Kier alpha value is -4.43. The Labute approximate surface area is 243 Å². The zero-order valence-corrected chi connectivity index (χ0v) is 23.8. The average molecular weight is 600 g/mol. The monoisotopic (exact) mass is 599 g/mol. The van der Waals surface area contributed by atoms with Gasteiger partial charge in [0.2, 0.25) is 5.95 Å². The van der Waals surface area contributed by atoms with E-state index in [1.165, 1.54) is 14.2 Å². The van der Waals surface area contributed by atoms with Gasteiger partial charge in [-0.3, -0.25) is 4.79 Å². The van der Waals surface area contributed by atoms with Crippen molar-refractivity contribution in [3.63, 3.8) is 0 Å². The quantitative estimate of drug-likeness (QED) is 0.247. The summed E-state index contributed by atoms with van der Waals surface area (Å²) < 4.78 is 52.9. The minimum atomic E-state index is -4.80. The van der Waals surface area contributed by atoms with Crippen LogP contribution in [0, 0.1) is 6.92 Å². The molecule has 1 fully saturated rings. The van der Waals surface area contributed by atoms with Crippen LogP contribution in [-0.2, 0) is 6.18 Å². The molecule has 1 aliphatic heterocycles. The number of nitrogens with one attached hydrogen (secondary N) is 3. The summed E-state index contributed by atoms with van der Waals surface area (Å²) >= 11 is 0.830. The number of hydrogen-bond donors (Lipinski definition) is 3. The first kappa shape index (κ1) is 29.1. The van der Waals surface area contributed by atoms with E-state index in [0.717, 1.165) is 49.4 Å². The van der Waals surface area contributed by atoms with Crippen molar-refractivity contribution in [2.75, 3.05) is 55.9 Å². The summed E-state index contributed by atoms with van der Waals surface area (Å²) in [6, 6.07) is 12.1. The third-order valence-corrected chi connectivity index (χ3v) is 7.74. The number of nitrogens with zero attached hydrogens (tertiary/aromatic N) is 4. The number of anilines is 4. The van der Waals surface area contributed by atoms with Gasteiger partial charge in [0.15, 0.2) is 5.69 Å². The van der Waals surface area contributed by atoms with E-state index in [2.05, 4.69) is 35.8 Å². The molecule has 0 atom stereocenters. The van der Waals surface area contributed by atoms with Crippen LogP contribution < -0.4 is 30.3 Å². The molecular formula is C28H28F3N7O3S. The van der Waals surface area contributed by atoms with E-state index in [4.69, 9.17) is 9.47 Å². The molecule has 4 aromatic rings. The van der Waals surface area contributed by atoms with Crippen molar-refractivity contribution in [2.24, 2.45) is 0 Å². The molecule has 5 rings (SSSR count). The molecule has 220 valence electrons. The lowest BCUT2D eigenvalue weighted by Gasteiger charge is -2.30. The van der Waals surface area contributed by atoms with Crippen LogP contribution in [0.25, 0.3) is 10.6 Å². The number of rotatable bonds is 8. The topological polar surface area (TPSA) is 114 Å². The van der Waals surface area contributed by atoms with Gasteiger partial charge in [0.1, 0.15) is 21.4 Å². The number of thiazole rings is 1. The Morgan fingerprint density at radius 2 is 1.79 bits per heavy atom. The normalized spacial score (nSPS) is 13.5. The Morgan fingerprint density at radius 1 is 1.05 bits per heavy atom. The molecule has 10 nitrogen and oxygen atoms in total. The Balaban J connectivity index is 1.38. The fourth-order valence-corrected chi connectivity index (χ4v) is 5.39. The van der Waals surface area contributed by atoms with E-state index >= 15 is 0 Å². The van der Waals surface area contributed by atoms with Crippen molar-refractivity contribution in [2.45, 2.75) is 13.1 Å². The van der Waals surface area contributed by atoms with Crippen LogP contribution in [-0.4, -0.2) is 61.3 Å². The molecule has 1 amide bonds. The summed E-state index contributed by atoms with van der Waals surface area (Å²) in [4.78, 5) is 27.7. The Bertz CT molecular complexity index is 1570. The third kappa shape index (κ3) is 6.39. The molecule has 42 heavy (non-hydrogen) atoms. The first-order valence-electron chi connectivity index (χ1n) is 12.9. The van der Waals surface area contributed by atoms with Gasteiger partial charge in [-0.2, -0.15) is 13.2 Å². The molecule has 1 saturated heterocycles. The molecule has 2 aromatic heterocycles. The van der Waals surface area contributed by atoms with Gasteiger partial charge in [-0.1, -0.05) is 0 Å². The van der Waals surface area contributed by atoms with Gasteiger partial charge in [0.05, 0.1) is 31.2 Å². The first-order chi connectivity index (χ1) is 20.2.